The van der Waals surface area contributed by atoms with Crippen LogP contribution < -0.4 is 5.32 Å². The Kier molecular flexibility index (Phi) is 4.43. The van der Waals surface area contributed by atoms with Crippen LogP contribution in [0.25, 0.3) is 0 Å². The van der Waals surface area contributed by atoms with Gasteiger partial charge in [-0.2, -0.15) is 0 Å². The second-order valence-corrected chi connectivity index (χ2v) is 6.17. The van der Waals surface area contributed by atoms with Gasteiger partial charge >= 0.3 is 0 Å². The smallest absolute Gasteiger partial charge is 0.225 e. The van der Waals surface area contributed by atoms with Crippen LogP contribution in [0.2, 0.25) is 0 Å². The summed E-state index contributed by atoms with van der Waals surface area (Å²) in [6, 6.07) is 10.1. The van der Waals surface area contributed by atoms with Gasteiger partial charge in [-0.3, -0.25) is 9.59 Å². The van der Waals surface area contributed by atoms with Crippen LogP contribution >= 0.6 is 0 Å². The van der Waals surface area contributed by atoms with Crippen molar-refractivity contribution < 1.29 is 14.3 Å². The van der Waals surface area contributed by atoms with Crippen molar-refractivity contribution in [2.24, 2.45) is 11.8 Å². The van der Waals surface area contributed by atoms with E-state index in [0.717, 1.165) is 18.6 Å². The fourth-order valence-corrected chi connectivity index (χ4v) is 3.27. The molecule has 1 aromatic carbocycles. The Morgan fingerprint density at radius 3 is 2.82 bits per heavy atom. The fraction of sp³-hybridized carbons (Fsp3) is 0.529. The molecule has 2 saturated heterocycles. The average molecular weight is 302 g/mol. The monoisotopic (exact) mass is 302 g/mol. The molecule has 2 amide bonds. The molecule has 0 aliphatic carbocycles. The van der Waals surface area contributed by atoms with Crippen LogP contribution in [-0.4, -0.2) is 43.5 Å². The molecule has 22 heavy (non-hydrogen) atoms. The van der Waals surface area contributed by atoms with Gasteiger partial charge in [0, 0.05) is 39.1 Å². The van der Waals surface area contributed by atoms with E-state index < -0.39 is 0 Å². The molecule has 5 nitrogen and oxygen atoms in total. The predicted octanol–water partition coefficient (Wildman–Crippen LogP) is 1.36. The number of benzene rings is 1. The van der Waals surface area contributed by atoms with Crippen molar-refractivity contribution in [3.8, 4) is 0 Å². The Balaban J connectivity index is 1.55. The van der Waals surface area contributed by atoms with Crippen molar-refractivity contribution in [1.29, 1.82) is 0 Å². The number of nitrogens with zero attached hydrogens (tertiary/aromatic N) is 1. The van der Waals surface area contributed by atoms with Crippen molar-refractivity contribution in [2.75, 3.05) is 26.7 Å². The van der Waals surface area contributed by atoms with Crippen LogP contribution in [0.5, 0.6) is 0 Å². The summed E-state index contributed by atoms with van der Waals surface area (Å²) in [6.07, 6.45) is 1.32. The highest BCUT2D eigenvalue weighted by molar-refractivity contribution is 5.89. The van der Waals surface area contributed by atoms with Crippen molar-refractivity contribution in [1.82, 2.24) is 10.2 Å². The van der Waals surface area contributed by atoms with Crippen molar-refractivity contribution in [2.45, 2.75) is 18.9 Å². The second kappa shape index (κ2) is 6.48. The van der Waals surface area contributed by atoms with E-state index in [2.05, 4.69) is 17.4 Å². The minimum absolute atomic E-state index is 0.0172. The lowest BCUT2D eigenvalue weighted by atomic mass is 9.95. The Morgan fingerprint density at radius 1 is 1.36 bits per heavy atom. The molecule has 3 atom stereocenters. The Hall–Kier alpha value is -1.88. The van der Waals surface area contributed by atoms with Crippen LogP contribution in [0.15, 0.2) is 30.3 Å². The van der Waals surface area contributed by atoms with Gasteiger partial charge in [0.05, 0.1) is 12.0 Å². The minimum Gasteiger partial charge on any atom is -0.373 e. The summed E-state index contributed by atoms with van der Waals surface area (Å²) in [5.74, 6) is 0.110. The highest BCUT2D eigenvalue weighted by Gasteiger charge is 2.34. The molecule has 0 aromatic heterocycles. The lowest BCUT2D eigenvalue weighted by Crippen LogP contribution is -2.36. The van der Waals surface area contributed by atoms with Gasteiger partial charge in [0.15, 0.2) is 0 Å². The highest BCUT2D eigenvalue weighted by atomic mass is 16.5. The third kappa shape index (κ3) is 3.14. The highest BCUT2D eigenvalue weighted by Crippen LogP contribution is 2.34. The molecular formula is C17H22N2O3. The van der Waals surface area contributed by atoms with Gasteiger partial charge in [-0.1, -0.05) is 30.3 Å². The lowest BCUT2D eigenvalue weighted by molar-refractivity contribution is -0.128. The molecule has 0 bridgehead atoms. The molecule has 1 aromatic rings. The summed E-state index contributed by atoms with van der Waals surface area (Å²) >= 11 is 0. The zero-order chi connectivity index (χ0) is 15.5. The molecule has 2 heterocycles. The molecule has 0 saturated carbocycles. The van der Waals surface area contributed by atoms with E-state index in [9.17, 15) is 9.59 Å². The van der Waals surface area contributed by atoms with Crippen molar-refractivity contribution in [3.63, 3.8) is 0 Å². The first-order valence-electron chi connectivity index (χ1n) is 7.83. The summed E-state index contributed by atoms with van der Waals surface area (Å²) in [5.41, 5.74) is 1.16. The largest absolute Gasteiger partial charge is 0.373 e. The topological polar surface area (TPSA) is 58.6 Å². The third-order valence-corrected chi connectivity index (χ3v) is 4.59. The van der Waals surface area contributed by atoms with Crippen LogP contribution in [-0.2, 0) is 14.3 Å². The molecule has 1 N–H and O–H groups in total. The number of likely N-dealkylation sites (tertiary alicyclic amines) is 1. The van der Waals surface area contributed by atoms with E-state index >= 15 is 0 Å². The number of nitrogens with one attached hydrogen (secondary N) is 1. The van der Waals surface area contributed by atoms with Gasteiger partial charge in [0.1, 0.15) is 0 Å². The second-order valence-electron chi connectivity index (χ2n) is 6.17. The summed E-state index contributed by atoms with van der Waals surface area (Å²) in [5, 5.41) is 3.01. The number of hydrogen-bond acceptors (Lipinski definition) is 3. The molecule has 2 aliphatic rings. The average Bonchev–Trinajstić information content (AvgIpc) is 3.13. The molecule has 2 aliphatic heterocycles. The molecule has 3 rings (SSSR count). The number of carbonyl (C=O) groups excluding carboxylic acids is 2. The first-order valence-corrected chi connectivity index (χ1v) is 7.83. The molecule has 0 unspecified atom stereocenters. The van der Waals surface area contributed by atoms with Crippen LogP contribution in [0.1, 0.15) is 24.5 Å². The van der Waals surface area contributed by atoms with Crippen LogP contribution in [0.3, 0.4) is 0 Å². The Bertz CT molecular complexity index is 546. The maximum Gasteiger partial charge on any atom is 0.225 e. The first kappa shape index (κ1) is 15.0. The third-order valence-electron chi connectivity index (χ3n) is 4.59. The molecular weight excluding hydrogens is 280 g/mol. The maximum absolute atomic E-state index is 12.2. The number of hydrogen-bond donors (Lipinski definition) is 1. The molecule has 2 fully saturated rings. The van der Waals surface area contributed by atoms with Crippen molar-refractivity contribution >= 4 is 11.8 Å². The van der Waals surface area contributed by atoms with Gasteiger partial charge in [-0.15, -0.1) is 0 Å². The van der Waals surface area contributed by atoms with Crippen molar-refractivity contribution in [3.05, 3.63) is 35.9 Å². The van der Waals surface area contributed by atoms with E-state index in [1.807, 2.05) is 18.2 Å². The van der Waals surface area contributed by atoms with Crippen LogP contribution in [0, 0.1) is 11.8 Å². The Morgan fingerprint density at radius 2 is 2.14 bits per heavy atom. The molecule has 0 radical (unpaired) electrons. The quantitative estimate of drug-likeness (QED) is 0.913. The minimum atomic E-state index is -0.213. The number of carbonyl (C=O) groups is 2. The van der Waals surface area contributed by atoms with Gasteiger partial charge in [-0.05, 0) is 12.0 Å². The zero-order valence-corrected chi connectivity index (χ0v) is 12.8. The fourth-order valence-electron chi connectivity index (χ4n) is 3.27. The van der Waals surface area contributed by atoms with Gasteiger partial charge in [-0.25, -0.2) is 0 Å². The first-order chi connectivity index (χ1) is 10.6. The van der Waals surface area contributed by atoms with E-state index in [0.29, 0.717) is 25.4 Å². The summed E-state index contributed by atoms with van der Waals surface area (Å²) in [7, 11) is 1.74. The number of ether oxygens (including phenoxy) is 1. The zero-order valence-electron chi connectivity index (χ0n) is 12.8. The standard InChI is InChI=1S/C17H22N2O3/c1-19-11-14(9-15(19)20)17(21)18-10-13-7-8-22-16(13)12-5-3-2-4-6-12/h2-6,13-14,16H,7-11H2,1H3,(H,18,21)/t13-,14-,16-/m0/s1. The number of rotatable bonds is 4. The van der Waals surface area contributed by atoms with E-state index in [1.165, 1.54) is 0 Å². The summed E-state index contributed by atoms with van der Waals surface area (Å²) in [4.78, 5) is 25.3. The predicted molar refractivity (Wildman–Crippen MR) is 82.0 cm³/mol. The maximum atomic E-state index is 12.2. The molecule has 0 spiro atoms. The summed E-state index contributed by atoms with van der Waals surface area (Å²) < 4.78 is 5.83. The Labute approximate surface area is 130 Å². The van der Waals surface area contributed by atoms with E-state index in [4.69, 9.17) is 4.74 Å². The molecule has 5 heteroatoms. The van der Waals surface area contributed by atoms with Gasteiger partial charge < -0.3 is 15.0 Å². The lowest BCUT2D eigenvalue weighted by Gasteiger charge is -2.20. The SMILES string of the molecule is CN1C[C@@H](C(=O)NC[C@@H]2CCO[C@H]2c2ccccc2)CC1=O. The number of amides is 2. The van der Waals surface area contributed by atoms with Gasteiger partial charge in [0.2, 0.25) is 11.8 Å². The molecule has 118 valence electrons. The van der Waals surface area contributed by atoms with Crippen LogP contribution in [0.4, 0.5) is 0 Å². The van der Waals surface area contributed by atoms with E-state index in [-0.39, 0.29) is 23.8 Å². The van der Waals surface area contributed by atoms with E-state index in [1.54, 1.807) is 11.9 Å². The van der Waals surface area contributed by atoms with Gasteiger partial charge in [0.25, 0.3) is 0 Å². The summed E-state index contributed by atoms with van der Waals surface area (Å²) in [6.45, 7) is 1.85. The normalized spacial score (nSPS) is 28.1.